The Morgan fingerprint density at radius 2 is 2.41 bits per heavy atom. The molecule has 0 saturated heterocycles. The number of nitrogens with zero attached hydrogens (tertiary/aromatic N) is 3. The lowest BCUT2D eigenvalue weighted by molar-refractivity contribution is -0.397. The van der Waals surface area contributed by atoms with Crippen LogP contribution in [-0.2, 0) is 6.54 Å². The number of nitrogens with one attached hydrogen (secondary N) is 1. The molecule has 0 aliphatic heterocycles. The molecule has 0 aromatic carbocycles. The molecular formula is C8H14ClFN4O3. The van der Waals surface area contributed by atoms with Crippen LogP contribution in [-0.4, -0.2) is 45.4 Å². The van der Waals surface area contributed by atoms with Crippen LogP contribution in [0.3, 0.4) is 0 Å². The monoisotopic (exact) mass is 268 g/mol. The summed E-state index contributed by atoms with van der Waals surface area (Å²) < 4.78 is 13.0. The third-order valence-electron chi connectivity index (χ3n) is 1.92. The molecule has 1 heterocycles. The van der Waals surface area contributed by atoms with E-state index in [0.717, 1.165) is 0 Å². The van der Waals surface area contributed by atoms with Crippen molar-refractivity contribution in [2.75, 3.05) is 19.8 Å². The third-order valence-corrected chi connectivity index (χ3v) is 1.92. The molecular weight excluding hydrogens is 255 g/mol. The van der Waals surface area contributed by atoms with Crippen LogP contribution in [0.5, 0.6) is 0 Å². The molecule has 1 aromatic rings. The fraction of sp³-hybridized carbons (Fsp3) is 0.625. The zero-order valence-electron chi connectivity index (χ0n) is 8.95. The first-order chi connectivity index (χ1) is 7.65. The smallest absolute Gasteiger partial charge is 0.390 e. The number of imidazole rings is 1. The topological polar surface area (TPSA) is 93.2 Å². The van der Waals surface area contributed by atoms with Crippen molar-refractivity contribution in [3.8, 4) is 0 Å². The number of aliphatic hydroxyl groups excluding tert-OH is 1. The zero-order chi connectivity index (χ0) is 12.0. The Hall–Kier alpha value is -1.25. The molecule has 1 atom stereocenters. The van der Waals surface area contributed by atoms with E-state index in [4.69, 9.17) is 0 Å². The molecule has 0 spiro atoms. The SMILES string of the molecule is Cl.O=[N+]([O-])c1nccn1CC(O)CNCCF. The van der Waals surface area contributed by atoms with Gasteiger partial charge >= 0.3 is 5.95 Å². The number of aliphatic hydroxyl groups is 1. The second-order valence-electron chi connectivity index (χ2n) is 3.18. The lowest BCUT2D eigenvalue weighted by Gasteiger charge is -2.10. The molecule has 1 rings (SSSR count). The summed E-state index contributed by atoms with van der Waals surface area (Å²) in [6.07, 6.45) is 1.88. The predicted octanol–water partition coefficient (Wildman–Crippen LogP) is 0.133. The van der Waals surface area contributed by atoms with Gasteiger partial charge in [0, 0.05) is 13.1 Å². The number of hydrogen-bond acceptors (Lipinski definition) is 5. The van der Waals surface area contributed by atoms with E-state index in [9.17, 15) is 19.6 Å². The van der Waals surface area contributed by atoms with Gasteiger partial charge in [0.15, 0.2) is 0 Å². The molecule has 0 fully saturated rings. The summed E-state index contributed by atoms with van der Waals surface area (Å²) in [6, 6.07) is 0. The van der Waals surface area contributed by atoms with E-state index in [1.54, 1.807) is 0 Å². The molecule has 0 aliphatic rings. The molecule has 7 nitrogen and oxygen atoms in total. The molecule has 2 N–H and O–H groups in total. The first-order valence-corrected chi connectivity index (χ1v) is 4.75. The predicted molar refractivity (Wildman–Crippen MR) is 61.0 cm³/mol. The van der Waals surface area contributed by atoms with Crippen molar-refractivity contribution in [1.82, 2.24) is 14.9 Å². The number of nitro groups is 1. The molecule has 98 valence electrons. The van der Waals surface area contributed by atoms with Crippen molar-refractivity contribution >= 4 is 18.4 Å². The maximum absolute atomic E-state index is 11.7. The van der Waals surface area contributed by atoms with Gasteiger partial charge in [-0.3, -0.25) is 0 Å². The van der Waals surface area contributed by atoms with Gasteiger partial charge in [0.25, 0.3) is 0 Å². The summed E-state index contributed by atoms with van der Waals surface area (Å²) >= 11 is 0. The van der Waals surface area contributed by atoms with Crippen LogP contribution in [0.15, 0.2) is 12.4 Å². The second-order valence-corrected chi connectivity index (χ2v) is 3.18. The van der Waals surface area contributed by atoms with Gasteiger partial charge in [-0.05, 0) is 4.92 Å². The minimum absolute atomic E-state index is 0. The van der Waals surface area contributed by atoms with E-state index < -0.39 is 17.7 Å². The van der Waals surface area contributed by atoms with Crippen LogP contribution in [0, 0.1) is 10.1 Å². The van der Waals surface area contributed by atoms with Crippen LogP contribution in [0.1, 0.15) is 0 Å². The molecule has 1 aromatic heterocycles. The Kier molecular flexibility index (Phi) is 7.35. The van der Waals surface area contributed by atoms with Gasteiger partial charge in [-0.2, -0.15) is 0 Å². The highest BCUT2D eigenvalue weighted by Gasteiger charge is 2.16. The number of halogens is 2. The van der Waals surface area contributed by atoms with Crippen molar-refractivity contribution in [2.24, 2.45) is 0 Å². The lowest BCUT2D eigenvalue weighted by Crippen LogP contribution is -2.31. The summed E-state index contributed by atoms with van der Waals surface area (Å²) in [5, 5.41) is 22.7. The van der Waals surface area contributed by atoms with Crippen molar-refractivity contribution in [3.05, 3.63) is 22.5 Å². The first-order valence-electron chi connectivity index (χ1n) is 4.75. The van der Waals surface area contributed by atoms with Gasteiger partial charge in [-0.25, -0.2) is 8.96 Å². The minimum atomic E-state index is -0.820. The van der Waals surface area contributed by atoms with Crippen LogP contribution in [0.4, 0.5) is 10.3 Å². The molecule has 0 saturated carbocycles. The van der Waals surface area contributed by atoms with Crippen LogP contribution in [0.25, 0.3) is 0 Å². The zero-order valence-corrected chi connectivity index (χ0v) is 9.77. The van der Waals surface area contributed by atoms with E-state index in [1.807, 2.05) is 0 Å². The lowest BCUT2D eigenvalue weighted by atomic mass is 10.3. The highest BCUT2D eigenvalue weighted by atomic mass is 35.5. The standard InChI is InChI=1S/C8H13FN4O3.ClH/c9-1-2-10-5-7(14)6-12-4-3-11-8(12)13(15)16;/h3-4,7,10,14H,1-2,5-6H2;1H. The number of aromatic nitrogens is 2. The molecule has 17 heavy (non-hydrogen) atoms. The number of rotatable bonds is 7. The number of alkyl halides is 1. The fourth-order valence-corrected chi connectivity index (χ4v) is 1.24. The summed E-state index contributed by atoms with van der Waals surface area (Å²) in [6.45, 7) is -0.129. The molecule has 0 bridgehead atoms. The Morgan fingerprint density at radius 3 is 3.00 bits per heavy atom. The van der Waals surface area contributed by atoms with Crippen molar-refractivity contribution in [1.29, 1.82) is 0 Å². The normalized spacial score (nSPS) is 11.9. The minimum Gasteiger partial charge on any atom is -0.390 e. The Bertz CT molecular complexity index is 349. The molecule has 1 unspecified atom stereocenters. The largest absolute Gasteiger partial charge is 0.434 e. The van der Waals surface area contributed by atoms with Gasteiger partial charge in [-0.1, -0.05) is 4.98 Å². The van der Waals surface area contributed by atoms with E-state index in [0.29, 0.717) is 0 Å². The van der Waals surface area contributed by atoms with Crippen molar-refractivity contribution in [3.63, 3.8) is 0 Å². The van der Waals surface area contributed by atoms with E-state index in [-0.39, 0.29) is 38.0 Å². The summed E-state index contributed by atoms with van der Waals surface area (Å²) in [7, 11) is 0. The average molecular weight is 269 g/mol. The van der Waals surface area contributed by atoms with Crippen LogP contribution >= 0.6 is 12.4 Å². The van der Waals surface area contributed by atoms with E-state index >= 15 is 0 Å². The van der Waals surface area contributed by atoms with Gasteiger partial charge in [-0.15, -0.1) is 12.4 Å². The molecule has 0 aliphatic carbocycles. The second kappa shape index (κ2) is 7.93. The molecule has 0 radical (unpaired) electrons. The van der Waals surface area contributed by atoms with Gasteiger partial charge in [0.2, 0.25) is 0 Å². The maximum Gasteiger partial charge on any atom is 0.434 e. The Morgan fingerprint density at radius 1 is 1.71 bits per heavy atom. The molecule has 9 heteroatoms. The maximum atomic E-state index is 11.7. The van der Waals surface area contributed by atoms with Crippen LogP contribution < -0.4 is 5.32 Å². The Balaban J connectivity index is 0.00000256. The van der Waals surface area contributed by atoms with Gasteiger partial charge in [0.05, 0.1) is 12.6 Å². The van der Waals surface area contributed by atoms with Crippen molar-refractivity contribution < 1.29 is 14.4 Å². The first kappa shape index (κ1) is 15.8. The summed E-state index contributed by atoms with van der Waals surface area (Å²) in [4.78, 5) is 13.4. The van der Waals surface area contributed by atoms with Crippen LogP contribution in [0.2, 0.25) is 0 Å². The highest BCUT2D eigenvalue weighted by Crippen LogP contribution is 2.07. The van der Waals surface area contributed by atoms with E-state index in [1.165, 1.54) is 17.0 Å². The van der Waals surface area contributed by atoms with Gasteiger partial charge < -0.3 is 20.5 Å². The Labute approximate surface area is 103 Å². The summed E-state index contributed by atoms with van der Waals surface area (Å²) in [5.74, 6) is -0.315. The number of hydrogen-bond donors (Lipinski definition) is 2. The summed E-state index contributed by atoms with van der Waals surface area (Å²) in [5.41, 5.74) is 0. The van der Waals surface area contributed by atoms with E-state index in [2.05, 4.69) is 10.3 Å². The fourth-order valence-electron chi connectivity index (χ4n) is 1.24. The molecule has 0 amide bonds. The average Bonchev–Trinajstić information content (AvgIpc) is 2.66. The highest BCUT2D eigenvalue weighted by molar-refractivity contribution is 5.85. The quantitative estimate of drug-likeness (QED) is 0.417. The van der Waals surface area contributed by atoms with Crippen molar-refractivity contribution in [2.45, 2.75) is 12.6 Å². The third kappa shape index (κ3) is 5.07. The van der Waals surface area contributed by atoms with Gasteiger partial charge in [0.1, 0.15) is 19.1 Å².